The van der Waals surface area contributed by atoms with E-state index in [2.05, 4.69) is 15.9 Å². The molecule has 0 spiro atoms. The molecule has 0 aliphatic rings. The molecule has 0 saturated heterocycles. The quantitative estimate of drug-likeness (QED) is 0.547. The minimum atomic E-state index is -4.65. The van der Waals surface area contributed by atoms with E-state index in [1.54, 1.807) is 0 Å². The van der Waals surface area contributed by atoms with Gasteiger partial charge in [0.25, 0.3) is 0 Å². The number of ketones is 1. The summed E-state index contributed by atoms with van der Waals surface area (Å²) in [6.07, 6.45) is -3.28. The summed E-state index contributed by atoms with van der Waals surface area (Å²) < 4.78 is 35.0. The highest BCUT2D eigenvalue weighted by Crippen LogP contribution is 2.20. The van der Waals surface area contributed by atoms with Crippen LogP contribution in [-0.2, 0) is 4.79 Å². The van der Waals surface area contributed by atoms with Gasteiger partial charge in [-0.05, 0) is 12.8 Å². The summed E-state index contributed by atoms with van der Waals surface area (Å²) in [7, 11) is 0. The van der Waals surface area contributed by atoms with E-state index in [9.17, 15) is 18.0 Å². The lowest BCUT2D eigenvalue weighted by atomic mass is 10.1. The van der Waals surface area contributed by atoms with Crippen molar-refractivity contribution >= 4 is 21.7 Å². The molecule has 0 aliphatic carbocycles. The molecule has 0 fully saturated rings. The van der Waals surface area contributed by atoms with Gasteiger partial charge in [0.15, 0.2) is 0 Å². The van der Waals surface area contributed by atoms with E-state index in [4.69, 9.17) is 0 Å². The number of unbranched alkanes of at least 4 members (excludes halogenated alkanes) is 1. The molecule has 0 saturated carbocycles. The maximum absolute atomic E-state index is 11.7. The zero-order valence-corrected chi connectivity index (χ0v) is 8.91. The van der Waals surface area contributed by atoms with Crippen LogP contribution in [0, 0.1) is 0 Å². The predicted molar refractivity (Wildman–Crippen MR) is 47.9 cm³/mol. The van der Waals surface area contributed by atoms with Gasteiger partial charge >= 0.3 is 6.18 Å². The highest BCUT2D eigenvalue weighted by molar-refractivity contribution is 9.09. The SMILES string of the molecule is CC(Br)CCCCC(=O)C(F)(F)F. The Hall–Kier alpha value is -0.0600. The molecular weight excluding hydrogens is 249 g/mol. The summed E-state index contributed by atoms with van der Waals surface area (Å²) >= 11 is 3.27. The lowest BCUT2D eigenvalue weighted by molar-refractivity contribution is -0.171. The molecule has 0 radical (unpaired) electrons. The van der Waals surface area contributed by atoms with E-state index < -0.39 is 12.0 Å². The van der Waals surface area contributed by atoms with Crippen LogP contribution < -0.4 is 0 Å². The molecule has 0 heterocycles. The standard InChI is InChI=1S/C8H12BrF3O/c1-6(9)4-2-3-5-7(13)8(10,11)12/h6H,2-5H2,1H3. The molecule has 5 heteroatoms. The molecule has 0 amide bonds. The van der Waals surface area contributed by atoms with E-state index in [1.165, 1.54) is 0 Å². The van der Waals surface area contributed by atoms with Crippen LogP contribution >= 0.6 is 15.9 Å². The summed E-state index contributed by atoms with van der Waals surface area (Å²) in [5.41, 5.74) is 0. The molecule has 0 N–H and O–H groups in total. The topological polar surface area (TPSA) is 17.1 Å². The first-order valence-electron chi connectivity index (χ1n) is 4.08. The Bertz CT molecular complexity index is 165. The maximum atomic E-state index is 11.7. The van der Waals surface area contributed by atoms with E-state index in [0.717, 1.165) is 6.42 Å². The van der Waals surface area contributed by atoms with Crippen LogP contribution in [0.5, 0.6) is 0 Å². The van der Waals surface area contributed by atoms with Gasteiger partial charge < -0.3 is 0 Å². The number of carbonyl (C=O) groups excluding carboxylic acids is 1. The minimum Gasteiger partial charge on any atom is -0.290 e. The van der Waals surface area contributed by atoms with E-state index in [0.29, 0.717) is 17.7 Å². The minimum absolute atomic E-state index is 0.300. The summed E-state index contributed by atoms with van der Waals surface area (Å²) in [5, 5.41) is 0. The molecule has 13 heavy (non-hydrogen) atoms. The molecule has 0 aromatic carbocycles. The fraction of sp³-hybridized carbons (Fsp3) is 0.875. The van der Waals surface area contributed by atoms with Gasteiger partial charge in [0.2, 0.25) is 5.78 Å². The largest absolute Gasteiger partial charge is 0.449 e. The Labute approximate surface area is 83.8 Å². The van der Waals surface area contributed by atoms with Gasteiger partial charge in [-0.2, -0.15) is 13.2 Å². The highest BCUT2D eigenvalue weighted by Gasteiger charge is 2.36. The van der Waals surface area contributed by atoms with Crippen LogP contribution in [0.15, 0.2) is 0 Å². The molecule has 1 atom stereocenters. The Kier molecular flexibility index (Phi) is 5.60. The predicted octanol–water partition coefficient (Wildman–Crippen LogP) is 3.46. The molecule has 0 bridgehead atoms. The Balaban J connectivity index is 3.49. The third-order valence-electron chi connectivity index (χ3n) is 1.57. The van der Waals surface area contributed by atoms with Crippen molar-refractivity contribution in [1.29, 1.82) is 0 Å². The Morgan fingerprint density at radius 2 is 1.92 bits per heavy atom. The maximum Gasteiger partial charge on any atom is 0.449 e. The monoisotopic (exact) mass is 260 g/mol. The molecule has 0 rings (SSSR count). The first-order chi connectivity index (χ1) is 5.84. The molecule has 0 aliphatic heterocycles. The number of hydrogen-bond donors (Lipinski definition) is 0. The van der Waals surface area contributed by atoms with Crippen molar-refractivity contribution in [2.45, 2.75) is 43.6 Å². The molecule has 1 unspecified atom stereocenters. The van der Waals surface area contributed by atoms with Gasteiger partial charge in [-0.15, -0.1) is 0 Å². The smallest absolute Gasteiger partial charge is 0.290 e. The summed E-state index contributed by atoms with van der Waals surface area (Å²) in [4.78, 5) is 10.7. The van der Waals surface area contributed by atoms with Crippen molar-refractivity contribution in [3.63, 3.8) is 0 Å². The van der Waals surface area contributed by atoms with Gasteiger partial charge in [0, 0.05) is 11.2 Å². The zero-order valence-electron chi connectivity index (χ0n) is 7.33. The van der Waals surface area contributed by atoms with Crippen LogP contribution in [0.3, 0.4) is 0 Å². The number of halogens is 4. The van der Waals surface area contributed by atoms with Gasteiger partial charge in [-0.3, -0.25) is 4.79 Å². The third kappa shape index (κ3) is 7.05. The Morgan fingerprint density at radius 1 is 1.38 bits per heavy atom. The van der Waals surface area contributed by atoms with Gasteiger partial charge in [0.1, 0.15) is 0 Å². The number of alkyl halides is 4. The first-order valence-corrected chi connectivity index (χ1v) is 4.99. The van der Waals surface area contributed by atoms with Crippen molar-refractivity contribution in [2.75, 3.05) is 0 Å². The molecular formula is C8H12BrF3O. The fourth-order valence-electron chi connectivity index (χ4n) is 0.853. The second-order valence-electron chi connectivity index (χ2n) is 2.95. The highest BCUT2D eigenvalue weighted by atomic mass is 79.9. The number of Topliss-reactive ketones (excluding diaryl/α,β-unsaturated/α-hetero) is 1. The Morgan fingerprint density at radius 3 is 2.31 bits per heavy atom. The van der Waals surface area contributed by atoms with E-state index >= 15 is 0 Å². The molecule has 78 valence electrons. The van der Waals surface area contributed by atoms with Crippen LogP contribution in [0.2, 0.25) is 0 Å². The van der Waals surface area contributed by atoms with Crippen molar-refractivity contribution < 1.29 is 18.0 Å². The van der Waals surface area contributed by atoms with Crippen molar-refractivity contribution in [3.8, 4) is 0 Å². The van der Waals surface area contributed by atoms with E-state index in [1.807, 2.05) is 6.92 Å². The van der Waals surface area contributed by atoms with Crippen LogP contribution in [0.4, 0.5) is 13.2 Å². The van der Waals surface area contributed by atoms with Crippen molar-refractivity contribution in [1.82, 2.24) is 0 Å². The lowest BCUT2D eigenvalue weighted by Gasteiger charge is -2.05. The average Bonchev–Trinajstić information content (AvgIpc) is 1.95. The van der Waals surface area contributed by atoms with Crippen LogP contribution in [0.1, 0.15) is 32.6 Å². The van der Waals surface area contributed by atoms with Crippen molar-refractivity contribution in [3.05, 3.63) is 0 Å². The summed E-state index contributed by atoms with van der Waals surface area (Å²) in [6.45, 7) is 1.92. The van der Waals surface area contributed by atoms with Gasteiger partial charge in [-0.25, -0.2) is 0 Å². The van der Waals surface area contributed by atoms with Gasteiger partial charge in [-0.1, -0.05) is 29.3 Å². The number of carbonyl (C=O) groups is 1. The summed E-state index contributed by atoms with van der Waals surface area (Å²) in [5.74, 6) is -1.62. The van der Waals surface area contributed by atoms with Crippen molar-refractivity contribution in [2.24, 2.45) is 0 Å². The summed E-state index contributed by atoms with van der Waals surface area (Å²) in [6, 6.07) is 0. The van der Waals surface area contributed by atoms with Gasteiger partial charge in [0.05, 0.1) is 0 Å². The number of rotatable bonds is 5. The molecule has 1 nitrogen and oxygen atoms in total. The molecule has 0 aromatic heterocycles. The average molecular weight is 261 g/mol. The van der Waals surface area contributed by atoms with Crippen LogP contribution in [-0.4, -0.2) is 16.8 Å². The van der Waals surface area contributed by atoms with E-state index in [-0.39, 0.29) is 6.42 Å². The lowest BCUT2D eigenvalue weighted by Crippen LogP contribution is -2.22. The fourth-order valence-corrected chi connectivity index (χ4v) is 1.18. The molecule has 0 aromatic rings. The second-order valence-corrected chi connectivity index (χ2v) is 4.51. The first kappa shape index (κ1) is 12.9. The number of hydrogen-bond acceptors (Lipinski definition) is 1. The second kappa shape index (κ2) is 5.62. The van der Waals surface area contributed by atoms with Crippen LogP contribution in [0.25, 0.3) is 0 Å². The third-order valence-corrected chi connectivity index (χ3v) is 2.03. The zero-order chi connectivity index (χ0) is 10.5. The normalized spacial score (nSPS) is 14.2.